The molecule has 0 unspecified atom stereocenters. The van der Waals surface area contributed by atoms with Crippen molar-refractivity contribution in [2.45, 2.75) is 26.8 Å². The number of hydrogen-bond donors (Lipinski definition) is 1. The Morgan fingerprint density at radius 2 is 2.06 bits per heavy atom. The third-order valence-electron chi connectivity index (χ3n) is 2.90. The van der Waals surface area contributed by atoms with Crippen molar-refractivity contribution in [3.05, 3.63) is 34.4 Å². The lowest BCUT2D eigenvalue weighted by Gasteiger charge is -2.08. The predicted octanol–water partition coefficient (Wildman–Crippen LogP) is 3.98. The number of hydrogen-bond acceptors (Lipinski definition) is 1. The first-order valence-corrected chi connectivity index (χ1v) is 6.88. The summed E-state index contributed by atoms with van der Waals surface area (Å²) in [4.78, 5) is 0. The number of benzene rings is 1. The monoisotopic (exact) mass is 330 g/mol. The van der Waals surface area contributed by atoms with Crippen LogP contribution in [-0.4, -0.2) is 11.1 Å². The van der Waals surface area contributed by atoms with Gasteiger partial charge < -0.3 is 10.3 Å². The maximum atomic E-state index is 5.67. The quantitative estimate of drug-likeness (QED) is 0.902. The van der Waals surface area contributed by atoms with Crippen LogP contribution in [0.4, 0.5) is 0 Å². The van der Waals surface area contributed by atoms with Gasteiger partial charge in [-0.05, 0) is 36.6 Å². The summed E-state index contributed by atoms with van der Waals surface area (Å²) in [5, 5.41) is 1.33. The number of halogens is 2. The zero-order valence-electron chi connectivity index (χ0n) is 10.8. The summed E-state index contributed by atoms with van der Waals surface area (Å²) in [6.45, 7) is 6.24. The average Bonchev–Trinajstić information content (AvgIpc) is 2.56. The highest BCUT2D eigenvalue weighted by molar-refractivity contribution is 9.10. The summed E-state index contributed by atoms with van der Waals surface area (Å²) in [7, 11) is 0. The zero-order valence-corrected chi connectivity index (χ0v) is 13.2. The van der Waals surface area contributed by atoms with E-state index in [1.807, 2.05) is 0 Å². The van der Waals surface area contributed by atoms with Gasteiger partial charge in [0.25, 0.3) is 0 Å². The summed E-state index contributed by atoms with van der Waals surface area (Å²) in [6, 6.07) is 6.47. The first-order valence-electron chi connectivity index (χ1n) is 6.09. The molecule has 0 saturated carbocycles. The highest BCUT2D eigenvalue weighted by Crippen LogP contribution is 2.26. The summed E-state index contributed by atoms with van der Waals surface area (Å²) in [5.41, 5.74) is 8.33. The molecule has 0 aliphatic heterocycles. The van der Waals surface area contributed by atoms with E-state index >= 15 is 0 Å². The summed E-state index contributed by atoms with van der Waals surface area (Å²) in [6.07, 6.45) is 3.20. The van der Waals surface area contributed by atoms with Crippen LogP contribution in [0.3, 0.4) is 0 Å². The molecule has 2 rings (SSSR count). The Bertz CT molecular complexity index is 520. The lowest BCUT2D eigenvalue weighted by atomic mass is 10.1. The number of rotatable bonds is 4. The molecule has 2 N–H and O–H groups in total. The van der Waals surface area contributed by atoms with Gasteiger partial charge in [-0.3, -0.25) is 0 Å². The van der Waals surface area contributed by atoms with Gasteiger partial charge in [0.2, 0.25) is 0 Å². The molecule has 0 spiro atoms. The third kappa shape index (κ3) is 3.28. The maximum absolute atomic E-state index is 5.67. The van der Waals surface area contributed by atoms with Gasteiger partial charge in [0, 0.05) is 28.1 Å². The lowest BCUT2D eigenvalue weighted by Crippen LogP contribution is -2.03. The van der Waals surface area contributed by atoms with E-state index in [0.717, 1.165) is 17.4 Å². The Morgan fingerprint density at radius 1 is 1.33 bits per heavy atom. The molecule has 0 bridgehead atoms. The molecule has 0 aliphatic carbocycles. The van der Waals surface area contributed by atoms with E-state index in [-0.39, 0.29) is 12.4 Å². The highest BCUT2D eigenvalue weighted by atomic mass is 79.9. The zero-order chi connectivity index (χ0) is 12.4. The van der Waals surface area contributed by atoms with Crippen molar-refractivity contribution < 1.29 is 0 Å². The molecule has 0 fully saturated rings. The maximum Gasteiger partial charge on any atom is 0.0494 e. The van der Waals surface area contributed by atoms with Gasteiger partial charge in [-0.1, -0.05) is 35.8 Å². The molecular formula is C14H20BrClN2. The van der Waals surface area contributed by atoms with Gasteiger partial charge in [-0.15, -0.1) is 12.4 Å². The van der Waals surface area contributed by atoms with E-state index in [2.05, 4.69) is 58.7 Å². The van der Waals surface area contributed by atoms with Crippen LogP contribution in [0.15, 0.2) is 28.9 Å². The Hall–Kier alpha value is -0.510. The molecule has 2 aromatic rings. The average molecular weight is 332 g/mol. The predicted molar refractivity (Wildman–Crippen MR) is 84.5 cm³/mol. The van der Waals surface area contributed by atoms with Gasteiger partial charge in [0.05, 0.1) is 0 Å². The minimum absolute atomic E-state index is 0. The number of nitrogens with zero attached hydrogens (tertiary/aromatic N) is 1. The van der Waals surface area contributed by atoms with Gasteiger partial charge in [0.1, 0.15) is 0 Å². The minimum Gasteiger partial charge on any atom is -0.347 e. The van der Waals surface area contributed by atoms with E-state index in [4.69, 9.17) is 5.73 Å². The van der Waals surface area contributed by atoms with Crippen LogP contribution in [0, 0.1) is 5.92 Å². The molecule has 0 atom stereocenters. The first-order chi connectivity index (χ1) is 8.11. The van der Waals surface area contributed by atoms with Crippen LogP contribution < -0.4 is 5.73 Å². The standard InChI is InChI=1S/C14H19BrN2.ClH/c1-10(2)8-17-9-11(5-6-16)13-4-3-12(15)7-14(13)17;/h3-4,7,9-10H,5-6,8,16H2,1-2H3;1H. The second kappa shape index (κ2) is 6.60. The van der Waals surface area contributed by atoms with E-state index in [0.29, 0.717) is 12.5 Å². The van der Waals surface area contributed by atoms with E-state index in [1.165, 1.54) is 16.5 Å². The van der Waals surface area contributed by atoms with Crippen LogP contribution in [0.5, 0.6) is 0 Å². The fourth-order valence-electron chi connectivity index (χ4n) is 2.24. The van der Waals surface area contributed by atoms with E-state index in [9.17, 15) is 0 Å². The molecule has 1 aromatic carbocycles. The Morgan fingerprint density at radius 3 is 2.67 bits per heavy atom. The van der Waals surface area contributed by atoms with Crippen LogP contribution in [-0.2, 0) is 13.0 Å². The van der Waals surface area contributed by atoms with Gasteiger partial charge in [0.15, 0.2) is 0 Å². The summed E-state index contributed by atoms with van der Waals surface area (Å²) < 4.78 is 3.47. The number of nitrogens with two attached hydrogens (primary N) is 1. The fourth-order valence-corrected chi connectivity index (χ4v) is 2.59. The second-order valence-electron chi connectivity index (χ2n) is 4.90. The van der Waals surface area contributed by atoms with Crippen molar-refractivity contribution in [3.63, 3.8) is 0 Å². The summed E-state index contributed by atoms with van der Waals surface area (Å²) in [5.74, 6) is 0.648. The fraction of sp³-hybridized carbons (Fsp3) is 0.429. The SMILES string of the molecule is CC(C)Cn1cc(CCN)c2ccc(Br)cc21.Cl. The number of fused-ring (bicyclic) bond motifs is 1. The van der Waals surface area contributed by atoms with Crippen molar-refractivity contribution in [1.82, 2.24) is 4.57 Å². The van der Waals surface area contributed by atoms with Crippen LogP contribution in [0.1, 0.15) is 19.4 Å². The van der Waals surface area contributed by atoms with Crippen LogP contribution in [0.25, 0.3) is 10.9 Å². The Balaban J connectivity index is 0.00000162. The van der Waals surface area contributed by atoms with Gasteiger partial charge >= 0.3 is 0 Å². The van der Waals surface area contributed by atoms with Crippen LogP contribution >= 0.6 is 28.3 Å². The van der Waals surface area contributed by atoms with Crippen molar-refractivity contribution in [2.75, 3.05) is 6.54 Å². The first kappa shape index (κ1) is 15.5. The molecule has 1 heterocycles. The Kier molecular flexibility index (Phi) is 5.70. The normalized spacial score (nSPS) is 10.9. The van der Waals surface area contributed by atoms with Gasteiger partial charge in [-0.25, -0.2) is 0 Å². The van der Waals surface area contributed by atoms with E-state index < -0.39 is 0 Å². The highest BCUT2D eigenvalue weighted by Gasteiger charge is 2.09. The molecule has 0 saturated heterocycles. The topological polar surface area (TPSA) is 30.9 Å². The summed E-state index contributed by atoms with van der Waals surface area (Å²) >= 11 is 3.54. The molecule has 0 amide bonds. The van der Waals surface area contributed by atoms with Gasteiger partial charge in [-0.2, -0.15) is 0 Å². The molecule has 2 nitrogen and oxygen atoms in total. The van der Waals surface area contributed by atoms with Crippen molar-refractivity contribution in [2.24, 2.45) is 11.7 Å². The molecule has 100 valence electrons. The molecule has 0 radical (unpaired) electrons. The number of aromatic nitrogens is 1. The molecular weight excluding hydrogens is 312 g/mol. The minimum atomic E-state index is 0. The molecule has 1 aromatic heterocycles. The van der Waals surface area contributed by atoms with Crippen molar-refractivity contribution in [1.29, 1.82) is 0 Å². The lowest BCUT2D eigenvalue weighted by molar-refractivity contribution is 0.534. The smallest absolute Gasteiger partial charge is 0.0494 e. The van der Waals surface area contributed by atoms with Crippen molar-refractivity contribution in [3.8, 4) is 0 Å². The largest absolute Gasteiger partial charge is 0.347 e. The molecule has 4 heteroatoms. The van der Waals surface area contributed by atoms with E-state index in [1.54, 1.807) is 0 Å². The molecule has 0 aliphatic rings. The second-order valence-corrected chi connectivity index (χ2v) is 5.82. The Labute approximate surface area is 123 Å². The van der Waals surface area contributed by atoms with Crippen molar-refractivity contribution >= 4 is 39.2 Å². The van der Waals surface area contributed by atoms with Crippen LogP contribution in [0.2, 0.25) is 0 Å². The molecule has 18 heavy (non-hydrogen) atoms. The third-order valence-corrected chi connectivity index (χ3v) is 3.40.